The first kappa shape index (κ1) is 13.2. The molecule has 0 bridgehead atoms. The normalized spacial score (nSPS) is 16.8. The van der Waals surface area contributed by atoms with E-state index in [0.717, 1.165) is 18.4 Å². The third-order valence-corrected chi connectivity index (χ3v) is 4.15. The molecule has 1 amide bonds. The zero-order valence-corrected chi connectivity index (χ0v) is 11.9. The van der Waals surface area contributed by atoms with Gasteiger partial charge in [-0.1, -0.05) is 54.1 Å². The number of fused-ring (bicyclic) bond motifs is 1. The lowest BCUT2D eigenvalue weighted by atomic mass is 10.1. The molecule has 2 nitrogen and oxygen atoms in total. The van der Waals surface area contributed by atoms with E-state index in [4.69, 9.17) is 11.6 Å². The van der Waals surface area contributed by atoms with E-state index in [1.165, 1.54) is 11.1 Å². The molecule has 1 unspecified atom stereocenters. The molecule has 1 aliphatic carbocycles. The van der Waals surface area contributed by atoms with E-state index in [1.807, 2.05) is 36.4 Å². The number of halogens is 1. The van der Waals surface area contributed by atoms with Gasteiger partial charge in [0.1, 0.15) is 0 Å². The van der Waals surface area contributed by atoms with Crippen LogP contribution >= 0.6 is 11.6 Å². The summed E-state index contributed by atoms with van der Waals surface area (Å²) in [5.74, 6) is 0.0276. The van der Waals surface area contributed by atoms with Gasteiger partial charge >= 0.3 is 0 Å². The van der Waals surface area contributed by atoms with Crippen LogP contribution in [0, 0.1) is 0 Å². The minimum absolute atomic E-state index is 0.0276. The first-order valence-electron chi connectivity index (χ1n) is 6.84. The smallest absolute Gasteiger partial charge is 0.224 e. The SMILES string of the molecule is O=C(Cc1ccccc1Cl)NC1CCc2ccccc21. The molecule has 2 aromatic rings. The molecule has 1 atom stereocenters. The molecule has 0 heterocycles. The van der Waals surface area contributed by atoms with E-state index in [2.05, 4.69) is 17.4 Å². The molecule has 3 rings (SSSR count). The number of benzene rings is 2. The van der Waals surface area contributed by atoms with Crippen molar-refractivity contribution < 1.29 is 4.79 Å². The van der Waals surface area contributed by atoms with Gasteiger partial charge in [0.2, 0.25) is 5.91 Å². The van der Waals surface area contributed by atoms with Crippen LogP contribution in [-0.2, 0) is 17.6 Å². The van der Waals surface area contributed by atoms with Gasteiger partial charge in [0.15, 0.2) is 0 Å². The van der Waals surface area contributed by atoms with Gasteiger partial charge < -0.3 is 5.32 Å². The zero-order valence-electron chi connectivity index (χ0n) is 11.1. The van der Waals surface area contributed by atoms with Gasteiger partial charge in [0.05, 0.1) is 12.5 Å². The highest BCUT2D eigenvalue weighted by atomic mass is 35.5. The van der Waals surface area contributed by atoms with E-state index in [1.54, 1.807) is 0 Å². The van der Waals surface area contributed by atoms with E-state index >= 15 is 0 Å². The average molecular weight is 286 g/mol. The Labute approximate surface area is 123 Å². The van der Waals surface area contributed by atoms with Gasteiger partial charge in [-0.15, -0.1) is 0 Å². The fourth-order valence-electron chi connectivity index (χ4n) is 2.77. The number of hydrogen-bond acceptors (Lipinski definition) is 1. The summed E-state index contributed by atoms with van der Waals surface area (Å²) >= 11 is 6.09. The number of nitrogens with one attached hydrogen (secondary N) is 1. The standard InChI is InChI=1S/C17H16ClNO/c18-15-8-4-2-6-13(15)11-17(20)19-16-10-9-12-5-1-3-7-14(12)16/h1-8,16H,9-11H2,(H,19,20). The molecular formula is C17H16ClNO. The maximum atomic E-state index is 12.2. The molecule has 3 heteroatoms. The van der Waals surface area contributed by atoms with Gasteiger partial charge in [-0.25, -0.2) is 0 Å². The number of carbonyl (C=O) groups excluding carboxylic acids is 1. The van der Waals surface area contributed by atoms with Crippen LogP contribution in [-0.4, -0.2) is 5.91 Å². The van der Waals surface area contributed by atoms with Crippen LogP contribution in [0.25, 0.3) is 0 Å². The summed E-state index contributed by atoms with van der Waals surface area (Å²) in [5.41, 5.74) is 3.47. The van der Waals surface area contributed by atoms with Crippen molar-refractivity contribution in [2.75, 3.05) is 0 Å². The Kier molecular flexibility index (Phi) is 3.75. The van der Waals surface area contributed by atoms with Crippen molar-refractivity contribution in [1.29, 1.82) is 0 Å². The van der Waals surface area contributed by atoms with Crippen molar-refractivity contribution in [3.8, 4) is 0 Å². The molecule has 2 aromatic carbocycles. The van der Waals surface area contributed by atoms with Gasteiger partial charge in [-0.05, 0) is 35.6 Å². The number of rotatable bonds is 3. The summed E-state index contributed by atoms with van der Waals surface area (Å²) in [4.78, 5) is 12.2. The topological polar surface area (TPSA) is 29.1 Å². The maximum absolute atomic E-state index is 12.2. The number of amides is 1. The van der Waals surface area contributed by atoms with Crippen LogP contribution in [0.4, 0.5) is 0 Å². The minimum atomic E-state index is 0.0276. The van der Waals surface area contributed by atoms with Crippen molar-refractivity contribution >= 4 is 17.5 Å². The summed E-state index contributed by atoms with van der Waals surface area (Å²) in [6.07, 6.45) is 2.35. The Hall–Kier alpha value is -1.80. The fraction of sp³-hybridized carbons (Fsp3) is 0.235. The number of aryl methyl sites for hydroxylation is 1. The number of hydrogen-bond donors (Lipinski definition) is 1. The van der Waals surface area contributed by atoms with E-state index in [0.29, 0.717) is 11.4 Å². The molecule has 0 fully saturated rings. The van der Waals surface area contributed by atoms with E-state index < -0.39 is 0 Å². The Morgan fingerprint density at radius 3 is 2.75 bits per heavy atom. The largest absolute Gasteiger partial charge is 0.349 e. The molecule has 0 radical (unpaired) electrons. The highest BCUT2D eigenvalue weighted by molar-refractivity contribution is 6.31. The average Bonchev–Trinajstić information content (AvgIpc) is 2.85. The molecule has 0 saturated heterocycles. The van der Waals surface area contributed by atoms with Gasteiger partial charge in [0, 0.05) is 5.02 Å². The second kappa shape index (κ2) is 5.68. The highest BCUT2D eigenvalue weighted by Crippen LogP contribution is 2.30. The Balaban J connectivity index is 1.68. The zero-order chi connectivity index (χ0) is 13.9. The summed E-state index contributed by atoms with van der Waals surface area (Å²) in [7, 11) is 0. The molecule has 0 aromatic heterocycles. The van der Waals surface area contributed by atoms with Crippen molar-refractivity contribution in [2.24, 2.45) is 0 Å². The van der Waals surface area contributed by atoms with Crippen LogP contribution in [0.5, 0.6) is 0 Å². The van der Waals surface area contributed by atoms with Crippen LogP contribution in [0.2, 0.25) is 5.02 Å². The van der Waals surface area contributed by atoms with Gasteiger partial charge in [-0.2, -0.15) is 0 Å². The predicted octanol–water partition coefficient (Wildman–Crippen LogP) is 3.69. The van der Waals surface area contributed by atoms with E-state index in [9.17, 15) is 4.79 Å². The summed E-state index contributed by atoms with van der Waals surface area (Å²) in [6.45, 7) is 0. The Morgan fingerprint density at radius 2 is 1.90 bits per heavy atom. The third kappa shape index (κ3) is 2.70. The summed E-state index contributed by atoms with van der Waals surface area (Å²) in [5, 5.41) is 3.76. The van der Waals surface area contributed by atoms with Crippen molar-refractivity contribution in [3.63, 3.8) is 0 Å². The molecule has 102 valence electrons. The van der Waals surface area contributed by atoms with Crippen molar-refractivity contribution in [3.05, 3.63) is 70.2 Å². The molecule has 1 N–H and O–H groups in total. The minimum Gasteiger partial charge on any atom is -0.349 e. The Bertz CT molecular complexity index is 638. The second-order valence-electron chi connectivity index (χ2n) is 5.13. The first-order valence-corrected chi connectivity index (χ1v) is 7.22. The van der Waals surface area contributed by atoms with Crippen LogP contribution in [0.3, 0.4) is 0 Å². The lowest BCUT2D eigenvalue weighted by molar-refractivity contribution is -0.121. The second-order valence-corrected chi connectivity index (χ2v) is 5.53. The summed E-state index contributed by atoms with van der Waals surface area (Å²) in [6, 6.07) is 15.9. The molecule has 0 saturated carbocycles. The molecule has 1 aliphatic rings. The number of carbonyl (C=O) groups is 1. The Morgan fingerprint density at radius 1 is 1.15 bits per heavy atom. The highest BCUT2D eigenvalue weighted by Gasteiger charge is 2.23. The maximum Gasteiger partial charge on any atom is 0.224 e. The monoisotopic (exact) mass is 285 g/mol. The van der Waals surface area contributed by atoms with Crippen molar-refractivity contribution in [1.82, 2.24) is 5.32 Å². The van der Waals surface area contributed by atoms with Crippen LogP contribution in [0.1, 0.15) is 29.2 Å². The van der Waals surface area contributed by atoms with Gasteiger partial charge in [-0.3, -0.25) is 4.79 Å². The first-order chi connectivity index (χ1) is 9.74. The molecule has 20 heavy (non-hydrogen) atoms. The lowest BCUT2D eigenvalue weighted by Crippen LogP contribution is -2.28. The van der Waals surface area contributed by atoms with E-state index in [-0.39, 0.29) is 11.9 Å². The molecule has 0 spiro atoms. The van der Waals surface area contributed by atoms with Gasteiger partial charge in [0.25, 0.3) is 0 Å². The molecule has 0 aliphatic heterocycles. The lowest BCUT2D eigenvalue weighted by Gasteiger charge is -2.14. The molecular weight excluding hydrogens is 270 g/mol. The predicted molar refractivity (Wildman–Crippen MR) is 80.8 cm³/mol. The summed E-state index contributed by atoms with van der Waals surface area (Å²) < 4.78 is 0. The third-order valence-electron chi connectivity index (χ3n) is 3.78. The fourth-order valence-corrected chi connectivity index (χ4v) is 2.97. The quantitative estimate of drug-likeness (QED) is 0.916. The van der Waals surface area contributed by atoms with Crippen LogP contribution in [0.15, 0.2) is 48.5 Å². The van der Waals surface area contributed by atoms with Crippen molar-refractivity contribution in [2.45, 2.75) is 25.3 Å². The van der Waals surface area contributed by atoms with Crippen LogP contribution < -0.4 is 5.32 Å².